The number of fused-ring (bicyclic) bond motifs is 2. The molecule has 0 bridgehead atoms. The van der Waals surface area contributed by atoms with Gasteiger partial charge in [0.05, 0.1) is 67.2 Å². The van der Waals surface area contributed by atoms with E-state index in [9.17, 15) is 10.1 Å². The summed E-state index contributed by atoms with van der Waals surface area (Å²) < 4.78 is 40.7. The van der Waals surface area contributed by atoms with Gasteiger partial charge in [-0.15, -0.1) is 0 Å². The predicted molar refractivity (Wildman–Crippen MR) is 252 cm³/mol. The number of halogens is 1. The summed E-state index contributed by atoms with van der Waals surface area (Å²) in [6.07, 6.45) is 4.94. The number of benzene rings is 3. The van der Waals surface area contributed by atoms with Crippen molar-refractivity contribution < 1.29 is 28.2 Å². The van der Waals surface area contributed by atoms with E-state index in [1.54, 1.807) is 16.8 Å². The van der Waals surface area contributed by atoms with Crippen molar-refractivity contribution in [2.45, 2.75) is 39.2 Å². The number of aromatic nitrogens is 2. The highest BCUT2D eigenvalue weighted by Crippen LogP contribution is 2.59. The molecule has 1 unspecified atom stereocenters. The van der Waals surface area contributed by atoms with Crippen molar-refractivity contribution in [3.63, 3.8) is 0 Å². The van der Waals surface area contributed by atoms with Gasteiger partial charge < -0.3 is 38.8 Å². The lowest BCUT2D eigenvalue weighted by Gasteiger charge is -2.40. The highest BCUT2D eigenvalue weighted by Gasteiger charge is 2.43. The van der Waals surface area contributed by atoms with Crippen molar-refractivity contribution in [2.24, 2.45) is 5.41 Å². The number of hydrogen-bond acceptors (Lipinski definition) is 12. The van der Waals surface area contributed by atoms with Crippen LogP contribution in [-0.4, -0.2) is 111 Å². The minimum Gasteiger partial charge on any atom is -0.474 e. The third kappa shape index (κ3) is 8.57. The van der Waals surface area contributed by atoms with Gasteiger partial charge in [-0.05, 0) is 90.4 Å². The second-order valence-corrected chi connectivity index (χ2v) is 20.7. The van der Waals surface area contributed by atoms with E-state index in [0.29, 0.717) is 63.3 Å². The summed E-state index contributed by atoms with van der Waals surface area (Å²) >= 11 is 6.29. The molecule has 15 nitrogen and oxygen atoms in total. The van der Waals surface area contributed by atoms with Gasteiger partial charge in [0.2, 0.25) is 5.88 Å². The molecule has 1 aliphatic carbocycles. The van der Waals surface area contributed by atoms with Crippen LogP contribution in [0.4, 0.5) is 34.1 Å². The molecule has 64 heavy (non-hydrogen) atoms. The molecular formula is C47H54ClN8O7P. The number of nitrogens with one attached hydrogen (secondary N) is 2. The summed E-state index contributed by atoms with van der Waals surface area (Å²) in [5.41, 5.74) is 8.73. The Hall–Kier alpha value is -5.15. The molecule has 4 aliphatic heterocycles. The first kappa shape index (κ1) is 42.8. The van der Waals surface area contributed by atoms with Crippen LogP contribution >= 0.6 is 19.1 Å². The predicted octanol–water partition coefficient (Wildman–Crippen LogP) is 8.62. The maximum atomic E-state index is 15.3. The number of nitro groups is 1. The molecule has 2 atom stereocenters. The van der Waals surface area contributed by atoms with E-state index in [0.717, 1.165) is 78.7 Å². The number of anilines is 5. The number of nitro benzene ring substituents is 1. The van der Waals surface area contributed by atoms with Gasteiger partial charge in [0.15, 0.2) is 0 Å². The fourth-order valence-corrected chi connectivity index (χ4v) is 12.1. The number of piperazine rings is 1. The van der Waals surface area contributed by atoms with Gasteiger partial charge in [0, 0.05) is 67.6 Å². The zero-order valence-electron chi connectivity index (χ0n) is 36.3. The van der Waals surface area contributed by atoms with E-state index in [-0.39, 0.29) is 29.1 Å². The van der Waals surface area contributed by atoms with E-state index in [1.807, 2.05) is 30.5 Å². The first-order valence-electron chi connectivity index (χ1n) is 22.2. The van der Waals surface area contributed by atoms with Gasteiger partial charge in [-0.25, -0.2) is 0 Å². The summed E-state index contributed by atoms with van der Waals surface area (Å²) in [5, 5.41) is 17.6. The number of aromatic amines is 1. The number of nitrogens with zero attached hydrogens (tertiary/aromatic N) is 6. The van der Waals surface area contributed by atoms with Gasteiger partial charge in [0.25, 0.3) is 5.69 Å². The standard InChI is InChI=1S/C47H54ClN8O7P/c1-47(2)13-11-34(39(28-47)32-3-5-35(48)6-4-32)30-52-15-17-53(18-16-52)36-7-10-41(43(26-36)54-19-21-62-46-44(54)25-33-12-14-49-45(33)51-46)55-20-22-63-64(55,59)38-8-9-40(42(27-38)56(57)58)50-29-37-31-60-23-24-61-37/h3-10,12,14,25-27,37,50H,11,13,15-24,28-31H2,1-2H3,(H,49,51)/t37-,64?/m0/s1. The number of pyridine rings is 1. The Morgan fingerprint density at radius 2 is 1.78 bits per heavy atom. The van der Waals surface area contributed by atoms with E-state index in [2.05, 4.69) is 69.2 Å². The lowest BCUT2D eigenvalue weighted by molar-refractivity contribution is -0.383. The largest absolute Gasteiger partial charge is 0.474 e. The number of H-pyrrole nitrogens is 1. The van der Waals surface area contributed by atoms with Gasteiger partial charge in [-0.2, -0.15) is 4.98 Å². The van der Waals surface area contributed by atoms with Gasteiger partial charge in [-0.3, -0.25) is 24.2 Å². The maximum Gasteiger partial charge on any atom is 0.326 e. The van der Waals surface area contributed by atoms with Gasteiger partial charge >= 0.3 is 7.52 Å². The molecule has 3 saturated heterocycles. The normalized spacial score (nSPS) is 22.7. The molecule has 3 aromatic carbocycles. The molecule has 336 valence electrons. The first-order chi connectivity index (χ1) is 31.0. The van der Waals surface area contributed by atoms with Crippen LogP contribution in [0.2, 0.25) is 5.02 Å². The lowest BCUT2D eigenvalue weighted by Crippen LogP contribution is -2.47. The van der Waals surface area contributed by atoms with Crippen LogP contribution in [-0.2, 0) is 18.6 Å². The minimum absolute atomic E-state index is 0.187. The van der Waals surface area contributed by atoms with Crippen molar-refractivity contribution >= 4 is 75.2 Å². The van der Waals surface area contributed by atoms with E-state index in [4.69, 9.17) is 35.3 Å². The van der Waals surface area contributed by atoms with Crippen molar-refractivity contribution in [2.75, 3.05) is 105 Å². The Morgan fingerprint density at radius 3 is 2.58 bits per heavy atom. The highest BCUT2D eigenvalue weighted by molar-refractivity contribution is 7.68. The molecule has 5 aliphatic rings. The fourth-order valence-electron chi connectivity index (χ4n) is 9.70. The summed E-state index contributed by atoms with van der Waals surface area (Å²) in [6.45, 7) is 12.3. The monoisotopic (exact) mass is 908 g/mol. The Labute approximate surface area is 377 Å². The SMILES string of the molecule is CC1(C)CCC(CN2CCN(c3ccc(N4CCOP4(=O)c4ccc(NC[C@H]5COCCO5)c([N+](=O)[O-])c4)c(N4CCOc5nc6[nH]ccc6cc54)c3)CC2)=C(c2ccc(Cl)cc2)C1. The Bertz CT molecular complexity index is 2630. The molecule has 2 aromatic heterocycles. The lowest BCUT2D eigenvalue weighted by atomic mass is 9.72. The Morgan fingerprint density at radius 1 is 0.938 bits per heavy atom. The fraction of sp³-hybridized carbons (Fsp3) is 0.426. The average Bonchev–Trinajstić information content (AvgIpc) is 3.95. The molecule has 0 radical (unpaired) electrons. The highest BCUT2D eigenvalue weighted by atomic mass is 35.5. The van der Waals surface area contributed by atoms with E-state index >= 15 is 4.57 Å². The third-order valence-corrected chi connectivity index (χ3v) is 15.9. The molecule has 0 spiro atoms. The first-order valence-corrected chi connectivity index (χ1v) is 24.2. The van der Waals surface area contributed by atoms with Crippen LogP contribution in [0.15, 0.2) is 84.6 Å². The molecule has 0 saturated carbocycles. The van der Waals surface area contributed by atoms with Crippen LogP contribution in [0.25, 0.3) is 16.6 Å². The summed E-state index contributed by atoms with van der Waals surface area (Å²) in [7, 11) is -3.84. The smallest absolute Gasteiger partial charge is 0.326 e. The quantitative estimate of drug-likeness (QED) is 0.0740. The zero-order valence-corrected chi connectivity index (χ0v) is 37.9. The summed E-state index contributed by atoms with van der Waals surface area (Å²) in [5.74, 6) is 0.509. The number of hydrogen-bond donors (Lipinski definition) is 2. The van der Waals surface area contributed by atoms with Gasteiger partial charge in [-0.1, -0.05) is 43.2 Å². The van der Waals surface area contributed by atoms with Crippen molar-refractivity contribution in [1.29, 1.82) is 0 Å². The van der Waals surface area contributed by atoms with Crippen LogP contribution in [0.5, 0.6) is 5.88 Å². The minimum atomic E-state index is -3.84. The molecular weight excluding hydrogens is 855 g/mol. The second kappa shape index (κ2) is 17.7. The molecule has 17 heteroatoms. The van der Waals surface area contributed by atoms with Crippen molar-refractivity contribution in [1.82, 2.24) is 14.9 Å². The topological polar surface area (TPSA) is 151 Å². The van der Waals surface area contributed by atoms with Crippen LogP contribution in [0, 0.1) is 15.5 Å². The molecule has 10 rings (SSSR count). The summed E-state index contributed by atoms with van der Waals surface area (Å²) in [6, 6.07) is 23.3. The molecule has 6 heterocycles. The van der Waals surface area contributed by atoms with E-state index < -0.39 is 12.4 Å². The van der Waals surface area contributed by atoms with Gasteiger partial charge in [0.1, 0.15) is 23.6 Å². The van der Waals surface area contributed by atoms with Crippen molar-refractivity contribution in [3.8, 4) is 5.88 Å². The number of ether oxygens (including phenoxy) is 3. The van der Waals surface area contributed by atoms with Crippen LogP contribution < -0.4 is 29.8 Å². The Kier molecular flexibility index (Phi) is 11.8. The van der Waals surface area contributed by atoms with E-state index in [1.165, 1.54) is 29.2 Å². The van der Waals surface area contributed by atoms with Crippen molar-refractivity contribution in [3.05, 3.63) is 105 Å². The number of allylic oxidation sites excluding steroid dienone is 1. The van der Waals surface area contributed by atoms with Crippen LogP contribution in [0.3, 0.4) is 0 Å². The molecule has 5 aromatic rings. The maximum absolute atomic E-state index is 15.3. The Balaban J connectivity index is 0.953. The number of rotatable bonds is 11. The molecule has 2 N–H and O–H groups in total. The average molecular weight is 909 g/mol. The molecule has 3 fully saturated rings. The summed E-state index contributed by atoms with van der Waals surface area (Å²) in [4.78, 5) is 27.2. The zero-order chi connectivity index (χ0) is 44.0. The molecule has 0 amide bonds. The van der Waals surface area contributed by atoms with Crippen LogP contribution in [0.1, 0.15) is 38.7 Å². The second-order valence-electron chi connectivity index (χ2n) is 18.0. The third-order valence-electron chi connectivity index (χ3n) is 13.2.